The van der Waals surface area contributed by atoms with Crippen molar-refractivity contribution in [3.05, 3.63) is 94.9 Å². The Labute approximate surface area is 208 Å². The molecule has 0 saturated heterocycles. The minimum Gasteiger partial charge on any atom is -0.451 e. The first-order chi connectivity index (χ1) is 17.9. The smallest absolute Gasteiger partial charge is 0.199 e. The van der Waals surface area contributed by atoms with Crippen LogP contribution in [0.1, 0.15) is 36.2 Å². The number of carbonyl (C=O) groups excluding carboxylic acids is 1. The molecule has 0 aliphatic heterocycles. The molecule has 2 N–H and O–H groups in total. The van der Waals surface area contributed by atoms with E-state index in [9.17, 15) is 18.0 Å². The van der Waals surface area contributed by atoms with Crippen molar-refractivity contribution in [2.75, 3.05) is 0 Å². The summed E-state index contributed by atoms with van der Waals surface area (Å²) in [5, 5.41) is 6.92. The number of aldehydes is 1. The molecule has 0 bridgehead atoms. The summed E-state index contributed by atoms with van der Waals surface area (Å²) in [7, 11) is 0. The van der Waals surface area contributed by atoms with Gasteiger partial charge in [0, 0.05) is 30.0 Å². The predicted octanol–water partition coefficient (Wildman–Crippen LogP) is 6.59. The van der Waals surface area contributed by atoms with Gasteiger partial charge >= 0.3 is 0 Å². The summed E-state index contributed by atoms with van der Waals surface area (Å²) in [6.07, 6.45) is 2.67. The third-order valence-electron chi connectivity index (χ3n) is 6.12. The number of carbonyl (C=O) groups is 1. The number of hydrogen-bond donors (Lipinski definition) is 2. The molecule has 0 radical (unpaired) electrons. The molecule has 1 unspecified atom stereocenters. The average molecular weight is 508 g/mol. The Morgan fingerprint density at radius 2 is 1.86 bits per heavy atom. The first-order valence-corrected chi connectivity index (χ1v) is 11.4. The van der Waals surface area contributed by atoms with Crippen molar-refractivity contribution in [3.63, 3.8) is 0 Å². The monoisotopic (exact) mass is 508 g/mol. The molecular formula is C27H20F4N4O2. The maximum Gasteiger partial charge on any atom is 0.199 e. The highest BCUT2D eigenvalue weighted by Crippen LogP contribution is 2.35. The highest BCUT2D eigenvalue weighted by atomic mass is 19.1. The van der Waals surface area contributed by atoms with E-state index in [-0.39, 0.29) is 46.7 Å². The molecule has 0 fully saturated rings. The van der Waals surface area contributed by atoms with Gasteiger partial charge in [0.2, 0.25) is 0 Å². The number of aromatic nitrogens is 4. The van der Waals surface area contributed by atoms with E-state index in [1.54, 1.807) is 25.1 Å². The fourth-order valence-corrected chi connectivity index (χ4v) is 4.14. The molecule has 37 heavy (non-hydrogen) atoms. The van der Waals surface area contributed by atoms with E-state index in [4.69, 9.17) is 4.74 Å². The lowest BCUT2D eigenvalue weighted by molar-refractivity contribution is -0.107. The van der Waals surface area contributed by atoms with Crippen LogP contribution in [0.5, 0.6) is 11.5 Å². The molecule has 5 rings (SSSR count). The van der Waals surface area contributed by atoms with Crippen molar-refractivity contribution < 1.29 is 27.1 Å². The zero-order valence-electron chi connectivity index (χ0n) is 19.5. The van der Waals surface area contributed by atoms with Gasteiger partial charge in [0.15, 0.2) is 23.2 Å². The number of nitrogens with zero attached hydrogens (tertiary/aromatic N) is 2. The zero-order chi connectivity index (χ0) is 26.1. The third-order valence-corrected chi connectivity index (χ3v) is 6.12. The number of fused-ring (bicyclic) bond motifs is 1. The summed E-state index contributed by atoms with van der Waals surface area (Å²) in [6, 6.07) is 11.0. The summed E-state index contributed by atoms with van der Waals surface area (Å²) < 4.78 is 64.4. The van der Waals surface area contributed by atoms with E-state index in [1.807, 2.05) is 0 Å². The Kier molecular flexibility index (Phi) is 6.47. The fourth-order valence-electron chi connectivity index (χ4n) is 4.14. The minimum absolute atomic E-state index is 0.0302. The second-order valence-corrected chi connectivity index (χ2v) is 8.48. The normalized spacial score (nSPS) is 12.1. The van der Waals surface area contributed by atoms with Crippen molar-refractivity contribution in [1.82, 2.24) is 20.2 Å². The molecule has 1 atom stereocenters. The van der Waals surface area contributed by atoms with Crippen LogP contribution >= 0.6 is 0 Å². The number of aryl methyl sites for hydroxylation is 1. The number of halogens is 4. The molecule has 0 aliphatic rings. The Hall–Kier alpha value is -4.47. The van der Waals surface area contributed by atoms with E-state index in [0.29, 0.717) is 11.1 Å². The average Bonchev–Trinajstić information content (AvgIpc) is 3.57. The topological polar surface area (TPSA) is 83.7 Å². The molecule has 3 aromatic carbocycles. The van der Waals surface area contributed by atoms with E-state index < -0.39 is 34.9 Å². The van der Waals surface area contributed by atoms with E-state index >= 15 is 4.39 Å². The van der Waals surface area contributed by atoms with E-state index in [0.717, 1.165) is 18.4 Å². The number of H-pyrrole nitrogens is 2. The Morgan fingerprint density at radius 3 is 2.68 bits per heavy atom. The van der Waals surface area contributed by atoms with Crippen LogP contribution in [0.25, 0.3) is 22.3 Å². The molecule has 2 aromatic heterocycles. The summed E-state index contributed by atoms with van der Waals surface area (Å²) in [5.41, 5.74) is 0.949. The van der Waals surface area contributed by atoms with E-state index in [1.165, 1.54) is 24.4 Å². The van der Waals surface area contributed by atoms with Crippen LogP contribution in [-0.4, -0.2) is 26.5 Å². The standard InChI is InChI=1S/C27H20F4N4O2/c1-14(17-6-2-4-15(23(17)30)5-3-11-36)26-33-27(35-34-26)19-12-16(7-8-20(19)28)37-25-21(29)13-22-18(24(25)31)9-10-32-22/h2,4,6-14,32H,3,5H2,1H3,(H,33,34,35). The van der Waals surface area contributed by atoms with Crippen LogP contribution in [0.15, 0.2) is 54.7 Å². The molecule has 0 amide bonds. The van der Waals surface area contributed by atoms with Crippen molar-refractivity contribution in [1.29, 1.82) is 0 Å². The molecule has 0 spiro atoms. The van der Waals surface area contributed by atoms with Crippen molar-refractivity contribution in [3.8, 4) is 22.9 Å². The second kappa shape index (κ2) is 9.88. The molecule has 5 aromatic rings. The van der Waals surface area contributed by atoms with Gasteiger partial charge in [-0.05, 0) is 41.8 Å². The van der Waals surface area contributed by atoms with Crippen LogP contribution in [-0.2, 0) is 11.2 Å². The summed E-state index contributed by atoms with van der Waals surface area (Å²) in [6.45, 7) is 1.71. The van der Waals surface area contributed by atoms with Gasteiger partial charge in [0.05, 0.1) is 11.1 Å². The maximum atomic E-state index is 15.0. The van der Waals surface area contributed by atoms with Crippen LogP contribution in [0.3, 0.4) is 0 Å². The van der Waals surface area contributed by atoms with Gasteiger partial charge in [-0.1, -0.05) is 25.1 Å². The number of aromatic amines is 2. The molecule has 10 heteroatoms. The molecule has 188 valence electrons. The highest BCUT2D eigenvalue weighted by Gasteiger charge is 2.22. The van der Waals surface area contributed by atoms with Gasteiger partial charge in [-0.25, -0.2) is 22.5 Å². The lowest BCUT2D eigenvalue weighted by atomic mass is 9.96. The summed E-state index contributed by atoms with van der Waals surface area (Å²) >= 11 is 0. The van der Waals surface area contributed by atoms with Crippen LogP contribution < -0.4 is 4.74 Å². The Balaban J connectivity index is 1.44. The Bertz CT molecular complexity index is 1610. The maximum absolute atomic E-state index is 15.0. The van der Waals surface area contributed by atoms with Gasteiger partial charge in [-0.2, -0.15) is 5.10 Å². The van der Waals surface area contributed by atoms with Gasteiger partial charge in [0.25, 0.3) is 0 Å². The molecule has 0 saturated carbocycles. The van der Waals surface area contributed by atoms with Gasteiger partial charge in [-0.3, -0.25) is 5.10 Å². The second-order valence-electron chi connectivity index (χ2n) is 8.48. The lowest BCUT2D eigenvalue weighted by Gasteiger charge is -2.12. The number of nitrogens with one attached hydrogen (secondary N) is 2. The third kappa shape index (κ3) is 4.57. The fraction of sp³-hybridized carbons (Fsp3) is 0.148. The lowest BCUT2D eigenvalue weighted by Crippen LogP contribution is -2.04. The molecule has 0 aliphatic carbocycles. The molecule has 6 nitrogen and oxygen atoms in total. The number of rotatable bonds is 8. The molecule has 2 heterocycles. The van der Waals surface area contributed by atoms with Crippen molar-refractivity contribution >= 4 is 17.2 Å². The largest absolute Gasteiger partial charge is 0.451 e. The Morgan fingerprint density at radius 1 is 1.03 bits per heavy atom. The van der Waals surface area contributed by atoms with Gasteiger partial charge < -0.3 is 14.5 Å². The number of benzene rings is 3. The van der Waals surface area contributed by atoms with Gasteiger partial charge in [0.1, 0.15) is 29.5 Å². The van der Waals surface area contributed by atoms with Crippen LogP contribution in [0, 0.1) is 23.3 Å². The number of ether oxygens (including phenoxy) is 1. The van der Waals surface area contributed by atoms with Crippen LogP contribution in [0.2, 0.25) is 0 Å². The molecular weight excluding hydrogens is 488 g/mol. The minimum atomic E-state index is -0.926. The zero-order valence-corrected chi connectivity index (χ0v) is 19.5. The van der Waals surface area contributed by atoms with E-state index in [2.05, 4.69) is 20.2 Å². The van der Waals surface area contributed by atoms with Gasteiger partial charge in [-0.15, -0.1) is 0 Å². The van der Waals surface area contributed by atoms with Crippen molar-refractivity contribution in [2.24, 2.45) is 0 Å². The van der Waals surface area contributed by atoms with Crippen LogP contribution in [0.4, 0.5) is 17.6 Å². The SMILES string of the molecule is CC(c1nc(-c2cc(Oc3c(F)cc4[nH]ccc4c3F)ccc2F)n[nH]1)c1cccc(CCC=O)c1F. The quantitative estimate of drug-likeness (QED) is 0.183. The first-order valence-electron chi connectivity index (χ1n) is 11.4. The summed E-state index contributed by atoms with van der Waals surface area (Å²) in [4.78, 5) is 17.7. The first kappa shape index (κ1) is 24.2. The predicted molar refractivity (Wildman–Crippen MR) is 128 cm³/mol. The number of hydrogen-bond acceptors (Lipinski definition) is 4. The summed E-state index contributed by atoms with van der Waals surface area (Å²) in [5.74, 6) is -3.92. The van der Waals surface area contributed by atoms with Crippen molar-refractivity contribution in [2.45, 2.75) is 25.7 Å². The highest BCUT2D eigenvalue weighted by molar-refractivity contribution is 5.82.